The molecule has 2 aliphatic rings. The topological polar surface area (TPSA) is 15.3 Å². The second kappa shape index (κ2) is 6.42. The zero-order valence-electron chi connectivity index (χ0n) is 11.7. The van der Waals surface area contributed by atoms with E-state index in [0.717, 1.165) is 25.2 Å². The molecule has 0 aromatic heterocycles. The smallest absolute Gasteiger partial charge is 0.124 e. The van der Waals surface area contributed by atoms with Gasteiger partial charge in [-0.1, -0.05) is 24.1 Å². The number of halogens is 2. The Labute approximate surface area is 125 Å². The summed E-state index contributed by atoms with van der Waals surface area (Å²) in [7, 11) is 0. The second-order valence-corrected chi connectivity index (χ2v) is 6.38. The van der Waals surface area contributed by atoms with Gasteiger partial charge < -0.3 is 5.32 Å². The van der Waals surface area contributed by atoms with Crippen molar-refractivity contribution in [2.45, 2.75) is 50.7 Å². The van der Waals surface area contributed by atoms with Gasteiger partial charge in [0.2, 0.25) is 0 Å². The summed E-state index contributed by atoms with van der Waals surface area (Å²) in [4.78, 5) is 2.53. The minimum atomic E-state index is -0.258. The fourth-order valence-corrected chi connectivity index (χ4v) is 3.80. The van der Waals surface area contributed by atoms with E-state index >= 15 is 0 Å². The maximum atomic E-state index is 13.1. The number of nitrogens with zero attached hydrogens (tertiary/aromatic N) is 1. The first kappa shape index (κ1) is 14.3. The lowest BCUT2D eigenvalue weighted by Crippen LogP contribution is -2.49. The van der Waals surface area contributed by atoms with Crippen molar-refractivity contribution in [2.24, 2.45) is 0 Å². The lowest BCUT2D eigenvalue weighted by Gasteiger charge is -2.39. The van der Waals surface area contributed by atoms with Crippen LogP contribution in [-0.2, 0) is 6.54 Å². The van der Waals surface area contributed by atoms with E-state index in [1.807, 2.05) is 6.07 Å². The largest absolute Gasteiger partial charge is 0.312 e. The molecule has 2 aliphatic heterocycles. The Kier molecular flexibility index (Phi) is 4.59. The van der Waals surface area contributed by atoms with Crippen molar-refractivity contribution in [2.75, 3.05) is 13.1 Å². The van der Waals surface area contributed by atoms with E-state index in [1.54, 1.807) is 0 Å². The van der Waals surface area contributed by atoms with E-state index in [4.69, 9.17) is 11.6 Å². The van der Waals surface area contributed by atoms with Gasteiger partial charge in [-0.25, -0.2) is 4.39 Å². The summed E-state index contributed by atoms with van der Waals surface area (Å²) in [5, 5.41) is 4.18. The van der Waals surface area contributed by atoms with Gasteiger partial charge in [-0.3, -0.25) is 4.90 Å². The number of benzene rings is 1. The Morgan fingerprint density at radius 3 is 2.90 bits per heavy atom. The molecule has 1 N–H and O–H groups in total. The van der Waals surface area contributed by atoms with E-state index < -0.39 is 0 Å². The Hall–Kier alpha value is -0.640. The van der Waals surface area contributed by atoms with Crippen molar-refractivity contribution in [3.05, 3.63) is 34.6 Å². The minimum Gasteiger partial charge on any atom is -0.312 e. The average molecular weight is 297 g/mol. The standard InChI is InChI=1S/C16H22ClFN2/c17-14-10-13(18)7-6-12(14)11-20-9-2-1-5-16(20)15-4-3-8-19-15/h6-7,10,15-16,19H,1-5,8-9,11H2. The minimum absolute atomic E-state index is 0.258. The van der Waals surface area contributed by atoms with Crippen LogP contribution < -0.4 is 5.32 Å². The Morgan fingerprint density at radius 1 is 1.25 bits per heavy atom. The Bertz CT molecular complexity index is 460. The molecular formula is C16H22ClFN2. The van der Waals surface area contributed by atoms with Crippen LogP contribution in [0.1, 0.15) is 37.7 Å². The van der Waals surface area contributed by atoms with Gasteiger partial charge in [-0.2, -0.15) is 0 Å². The number of nitrogens with one attached hydrogen (secondary N) is 1. The second-order valence-electron chi connectivity index (χ2n) is 5.97. The third kappa shape index (κ3) is 3.16. The van der Waals surface area contributed by atoms with E-state index in [-0.39, 0.29) is 5.82 Å². The summed E-state index contributed by atoms with van der Waals surface area (Å²) in [6.45, 7) is 3.10. The molecule has 2 nitrogen and oxygen atoms in total. The number of piperidine rings is 1. The van der Waals surface area contributed by atoms with Crippen LogP contribution in [-0.4, -0.2) is 30.1 Å². The highest BCUT2D eigenvalue weighted by Crippen LogP contribution is 2.27. The number of likely N-dealkylation sites (tertiary alicyclic amines) is 1. The van der Waals surface area contributed by atoms with Gasteiger partial charge >= 0.3 is 0 Å². The number of rotatable bonds is 3. The summed E-state index contributed by atoms with van der Waals surface area (Å²) in [5.41, 5.74) is 1.04. The van der Waals surface area contributed by atoms with Crippen LogP contribution >= 0.6 is 11.6 Å². The van der Waals surface area contributed by atoms with Gasteiger partial charge in [0.05, 0.1) is 0 Å². The molecule has 2 unspecified atom stereocenters. The molecular weight excluding hydrogens is 275 g/mol. The molecule has 0 radical (unpaired) electrons. The lowest BCUT2D eigenvalue weighted by molar-refractivity contribution is 0.112. The van der Waals surface area contributed by atoms with Gasteiger partial charge in [0.1, 0.15) is 5.82 Å². The first-order chi connectivity index (χ1) is 9.74. The van der Waals surface area contributed by atoms with Crippen LogP contribution in [0, 0.1) is 5.82 Å². The molecule has 1 aromatic carbocycles. The molecule has 0 amide bonds. The van der Waals surface area contributed by atoms with E-state index in [9.17, 15) is 4.39 Å². The SMILES string of the molecule is Fc1ccc(CN2CCCCC2C2CCCN2)c(Cl)c1. The van der Waals surface area contributed by atoms with E-state index in [2.05, 4.69) is 10.2 Å². The maximum Gasteiger partial charge on any atom is 0.124 e. The molecule has 2 fully saturated rings. The van der Waals surface area contributed by atoms with Crippen LogP contribution in [0.3, 0.4) is 0 Å². The van der Waals surface area contributed by atoms with E-state index in [0.29, 0.717) is 17.1 Å². The monoisotopic (exact) mass is 296 g/mol. The van der Waals surface area contributed by atoms with Crippen LogP contribution in [0.2, 0.25) is 5.02 Å². The van der Waals surface area contributed by atoms with Crippen molar-refractivity contribution in [3.8, 4) is 0 Å². The Morgan fingerprint density at radius 2 is 2.15 bits per heavy atom. The molecule has 0 aliphatic carbocycles. The van der Waals surface area contributed by atoms with Crippen LogP contribution in [0.15, 0.2) is 18.2 Å². The first-order valence-corrected chi connectivity index (χ1v) is 8.03. The molecule has 3 rings (SSSR count). The van der Waals surface area contributed by atoms with Crippen molar-refractivity contribution >= 4 is 11.6 Å². The zero-order chi connectivity index (χ0) is 13.9. The zero-order valence-corrected chi connectivity index (χ0v) is 12.5. The van der Waals surface area contributed by atoms with Crippen molar-refractivity contribution < 1.29 is 4.39 Å². The highest BCUT2D eigenvalue weighted by atomic mass is 35.5. The highest BCUT2D eigenvalue weighted by molar-refractivity contribution is 6.31. The van der Waals surface area contributed by atoms with Crippen molar-refractivity contribution in [3.63, 3.8) is 0 Å². The third-order valence-electron chi connectivity index (χ3n) is 4.62. The van der Waals surface area contributed by atoms with E-state index in [1.165, 1.54) is 44.2 Å². The molecule has 2 atom stereocenters. The molecule has 2 heterocycles. The van der Waals surface area contributed by atoms with Gasteiger partial charge in [-0.05, 0) is 56.5 Å². The molecule has 2 saturated heterocycles. The first-order valence-electron chi connectivity index (χ1n) is 7.65. The molecule has 110 valence electrons. The average Bonchev–Trinajstić information content (AvgIpc) is 2.96. The van der Waals surface area contributed by atoms with Gasteiger partial charge in [-0.15, -0.1) is 0 Å². The molecule has 4 heteroatoms. The quantitative estimate of drug-likeness (QED) is 0.917. The molecule has 0 spiro atoms. The molecule has 0 saturated carbocycles. The molecule has 0 bridgehead atoms. The van der Waals surface area contributed by atoms with Crippen LogP contribution in [0.25, 0.3) is 0 Å². The fraction of sp³-hybridized carbons (Fsp3) is 0.625. The maximum absolute atomic E-state index is 13.1. The number of hydrogen-bond acceptors (Lipinski definition) is 2. The predicted molar refractivity (Wildman–Crippen MR) is 80.5 cm³/mol. The normalized spacial score (nSPS) is 27.9. The summed E-state index contributed by atoms with van der Waals surface area (Å²) >= 11 is 6.17. The predicted octanol–water partition coefficient (Wildman–Crippen LogP) is 3.59. The van der Waals surface area contributed by atoms with Crippen molar-refractivity contribution in [1.82, 2.24) is 10.2 Å². The summed E-state index contributed by atoms with van der Waals surface area (Å²) in [6.07, 6.45) is 6.39. The van der Waals surface area contributed by atoms with Crippen LogP contribution in [0.4, 0.5) is 4.39 Å². The van der Waals surface area contributed by atoms with Gasteiger partial charge in [0.25, 0.3) is 0 Å². The van der Waals surface area contributed by atoms with Crippen molar-refractivity contribution in [1.29, 1.82) is 0 Å². The molecule has 1 aromatic rings. The van der Waals surface area contributed by atoms with Gasteiger partial charge in [0, 0.05) is 23.7 Å². The lowest BCUT2D eigenvalue weighted by atomic mass is 9.94. The summed E-state index contributed by atoms with van der Waals surface area (Å²) in [5.74, 6) is -0.258. The third-order valence-corrected chi connectivity index (χ3v) is 4.97. The molecule has 20 heavy (non-hydrogen) atoms. The fourth-order valence-electron chi connectivity index (χ4n) is 3.58. The summed E-state index contributed by atoms with van der Waals surface area (Å²) in [6, 6.07) is 5.98. The van der Waals surface area contributed by atoms with Gasteiger partial charge in [0.15, 0.2) is 0 Å². The number of hydrogen-bond donors (Lipinski definition) is 1. The highest BCUT2D eigenvalue weighted by Gasteiger charge is 2.31. The Balaban J connectivity index is 1.72. The summed E-state index contributed by atoms with van der Waals surface area (Å²) < 4.78 is 13.1. The van der Waals surface area contributed by atoms with Crippen LogP contribution in [0.5, 0.6) is 0 Å².